The SMILES string of the molecule is C#CC(CCC)NC(CN)c1ccc(Cl)cc1. The fourth-order valence-corrected chi connectivity index (χ4v) is 1.87. The summed E-state index contributed by atoms with van der Waals surface area (Å²) < 4.78 is 0. The van der Waals surface area contributed by atoms with Gasteiger partial charge in [0.05, 0.1) is 6.04 Å². The van der Waals surface area contributed by atoms with Gasteiger partial charge in [0.1, 0.15) is 0 Å². The molecule has 0 bridgehead atoms. The normalized spacial score (nSPS) is 14.0. The van der Waals surface area contributed by atoms with Crippen molar-refractivity contribution >= 4 is 11.6 Å². The average molecular weight is 251 g/mol. The molecule has 1 aromatic rings. The molecule has 0 aromatic heterocycles. The Balaban J connectivity index is 2.71. The summed E-state index contributed by atoms with van der Waals surface area (Å²) in [6.45, 7) is 2.63. The van der Waals surface area contributed by atoms with E-state index in [9.17, 15) is 0 Å². The second kappa shape index (κ2) is 7.34. The first-order valence-electron chi connectivity index (χ1n) is 5.89. The summed E-state index contributed by atoms with van der Waals surface area (Å²) in [5, 5.41) is 4.11. The second-order valence-corrected chi connectivity index (χ2v) is 4.45. The molecule has 2 atom stereocenters. The van der Waals surface area contributed by atoms with Gasteiger partial charge < -0.3 is 5.73 Å². The molecule has 0 spiro atoms. The van der Waals surface area contributed by atoms with Gasteiger partial charge in [-0.15, -0.1) is 6.42 Å². The van der Waals surface area contributed by atoms with Gasteiger partial charge in [-0.1, -0.05) is 43.0 Å². The van der Waals surface area contributed by atoms with Gasteiger partial charge in [-0.2, -0.15) is 0 Å². The van der Waals surface area contributed by atoms with Gasteiger partial charge in [0.25, 0.3) is 0 Å². The monoisotopic (exact) mass is 250 g/mol. The minimum atomic E-state index is 0.0734. The van der Waals surface area contributed by atoms with Gasteiger partial charge in [0.2, 0.25) is 0 Å². The molecule has 0 aliphatic carbocycles. The lowest BCUT2D eigenvalue weighted by molar-refractivity contribution is 0.475. The number of nitrogens with two attached hydrogens (primary N) is 1. The molecule has 92 valence electrons. The van der Waals surface area contributed by atoms with Crippen LogP contribution in [0.5, 0.6) is 0 Å². The summed E-state index contributed by atoms with van der Waals surface area (Å²) in [6.07, 6.45) is 7.50. The molecular formula is C14H19ClN2. The van der Waals surface area contributed by atoms with Crippen molar-refractivity contribution in [3.05, 3.63) is 34.9 Å². The molecular weight excluding hydrogens is 232 g/mol. The molecule has 0 heterocycles. The van der Waals surface area contributed by atoms with Gasteiger partial charge in [-0.25, -0.2) is 0 Å². The van der Waals surface area contributed by atoms with E-state index in [0.717, 1.165) is 23.4 Å². The first-order valence-corrected chi connectivity index (χ1v) is 6.26. The van der Waals surface area contributed by atoms with Gasteiger partial charge in [-0.3, -0.25) is 5.32 Å². The van der Waals surface area contributed by atoms with Crippen molar-refractivity contribution in [2.75, 3.05) is 6.54 Å². The van der Waals surface area contributed by atoms with Crippen LogP contribution in [0.15, 0.2) is 24.3 Å². The molecule has 0 aliphatic heterocycles. The predicted octanol–water partition coefficient (Wildman–Crippen LogP) is 2.73. The van der Waals surface area contributed by atoms with Gasteiger partial charge in [-0.05, 0) is 24.1 Å². The molecule has 3 heteroatoms. The van der Waals surface area contributed by atoms with E-state index in [4.69, 9.17) is 23.8 Å². The number of rotatable bonds is 6. The maximum Gasteiger partial charge on any atom is 0.0692 e. The van der Waals surface area contributed by atoms with Crippen LogP contribution < -0.4 is 11.1 Å². The Morgan fingerprint density at radius 1 is 1.41 bits per heavy atom. The summed E-state index contributed by atoms with van der Waals surface area (Å²) in [5.74, 6) is 2.76. The number of nitrogens with one attached hydrogen (secondary N) is 1. The van der Waals surface area contributed by atoms with Crippen molar-refractivity contribution < 1.29 is 0 Å². The van der Waals surface area contributed by atoms with Gasteiger partial charge in [0.15, 0.2) is 0 Å². The highest BCUT2D eigenvalue weighted by Crippen LogP contribution is 2.16. The molecule has 17 heavy (non-hydrogen) atoms. The summed E-state index contributed by atoms with van der Waals surface area (Å²) in [7, 11) is 0. The minimum absolute atomic E-state index is 0.0734. The number of hydrogen-bond donors (Lipinski definition) is 2. The molecule has 0 fully saturated rings. The molecule has 2 unspecified atom stereocenters. The molecule has 3 N–H and O–H groups in total. The summed E-state index contributed by atoms with van der Waals surface area (Å²) in [6, 6.07) is 7.85. The van der Waals surface area contributed by atoms with Crippen LogP contribution in [0.3, 0.4) is 0 Å². The topological polar surface area (TPSA) is 38.0 Å². The zero-order valence-electron chi connectivity index (χ0n) is 10.1. The highest BCUT2D eigenvalue weighted by atomic mass is 35.5. The maximum absolute atomic E-state index is 5.86. The summed E-state index contributed by atoms with van der Waals surface area (Å²) in [4.78, 5) is 0. The van der Waals surface area contributed by atoms with E-state index in [1.165, 1.54) is 0 Å². The zero-order chi connectivity index (χ0) is 12.7. The van der Waals surface area contributed by atoms with Crippen molar-refractivity contribution in [2.24, 2.45) is 5.73 Å². The molecule has 0 amide bonds. The molecule has 2 nitrogen and oxygen atoms in total. The third kappa shape index (κ3) is 4.40. The number of benzene rings is 1. The predicted molar refractivity (Wildman–Crippen MR) is 73.9 cm³/mol. The van der Waals surface area contributed by atoms with E-state index in [2.05, 4.69) is 18.2 Å². The first-order chi connectivity index (χ1) is 8.21. The van der Waals surface area contributed by atoms with Crippen LogP contribution in [0.2, 0.25) is 5.02 Å². The largest absolute Gasteiger partial charge is 0.329 e. The van der Waals surface area contributed by atoms with Gasteiger partial charge in [0, 0.05) is 17.6 Å². The average Bonchev–Trinajstić information content (AvgIpc) is 2.36. The first kappa shape index (κ1) is 14.1. The van der Waals surface area contributed by atoms with E-state index in [1.54, 1.807) is 0 Å². The van der Waals surface area contributed by atoms with Gasteiger partial charge >= 0.3 is 0 Å². The van der Waals surface area contributed by atoms with Crippen molar-refractivity contribution in [1.82, 2.24) is 5.32 Å². The van der Waals surface area contributed by atoms with E-state index >= 15 is 0 Å². The lowest BCUT2D eigenvalue weighted by Gasteiger charge is -2.21. The second-order valence-electron chi connectivity index (χ2n) is 4.01. The van der Waals surface area contributed by atoms with Crippen LogP contribution in [0, 0.1) is 12.3 Å². The van der Waals surface area contributed by atoms with Crippen LogP contribution in [-0.4, -0.2) is 12.6 Å². The Labute approximate surface area is 109 Å². The third-order valence-corrected chi connectivity index (χ3v) is 2.94. The zero-order valence-corrected chi connectivity index (χ0v) is 10.9. The number of terminal acetylenes is 1. The Bertz CT molecular complexity index is 367. The minimum Gasteiger partial charge on any atom is -0.329 e. The lowest BCUT2D eigenvalue weighted by atomic mass is 10.0. The van der Waals surface area contributed by atoms with E-state index in [1.807, 2.05) is 24.3 Å². The molecule has 0 saturated heterocycles. The van der Waals surface area contributed by atoms with E-state index in [0.29, 0.717) is 6.54 Å². The van der Waals surface area contributed by atoms with Crippen molar-refractivity contribution in [3.8, 4) is 12.3 Å². The smallest absolute Gasteiger partial charge is 0.0692 e. The quantitative estimate of drug-likeness (QED) is 0.762. The molecule has 1 aromatic carbocycles. The third-order valence-electron chi connectivity index (χ3n) is 2.69. The number of halogens is 1. The van der Waals surface area contributed by atoms with E-state index < -0.39 is 0 Å². The standard InChI is InChI=1S/C14H19ClN2/c1-3-5-13(4-2)17-14(10-16)11-6-8-12(15)9-7-11/h2,6-9,13-14,17H,3,5,10,16H2,1H3. The van der Waals surface area contributed by atoms with Crippen molar-refractivity contribution in [2.45, 2.75) is 31.8 Å². The van der Waals surface area contributed by atoms with E-state index in [-0.39, 0.29) is 12.1 Å². The van der Waals surface area contributed by atoms with Crippen molar-refractivity contribution in [3.63, 3.8) is 0 Å². The van der Waals surface area contributed by atoms with Crippen LogP contribution in [0.4, 0.5) is 0 Å². The highest BCUT2D eigenvalue weighted by molar-refractivity contribution is 6.30. The molecule has 0 radical (unpaired) electrons. The van der Waals surface area contributed by atoms with Crippen LogP contribution in [0.1, 0.15) is 31.4 Å². The van der Waals surface area contributed by atoms with Crippen LogP contribution in [-0.2, 0) is 0 Å². The Hall–Kier alpha value is -1.01. The number of hydrogen-bond acceptors (Lipinski definition) is 2. The molecule has 0 saturated carbocycles. The summed E-state index contributed by atoms with van der Waals surface area (Å²) >= 11 is 5.86. The lowest BCUT2D eigenvalue weighted by Crippen LogP contribution is -2.35. The van der Waals surface area contributed by atoms with Crippen LogP contribution in [0.25, 0.3) is 0 Å². The maximum atomic E-state index is 5.86. The fraction of sp³-hybridized carbons (Fsp3) is 0.429. The highest BCUT2D eigenvalue weighted by Gasteiger charge is 2.13. The Morgan fingerprint density at radius 3 is 2.53 bits per heavy atom. The summed E-state index contributed by atoms with van der Waals surface area (Å²) in [5.41, 5.74) is 6.90. The Kier molecular flexibility index (Phi) is 6.07. The fourth-order valence-electron chi connectivity index (χ4n) is 1.74. The molecule has 0 aliphatic rings. The van der Waals surface area contributed by atoms with Crippen LogP contribution >= 0.6 is 11.6 Å². The Morgan fingerprint density at radius 2 is 2.06 bits per heavy atom. The molecule has 1 rings (SSSR count). The van der Waals surface area contributed by atoms with Crippen molar-refractivity contribution in [1.29, 1.82) is 0 Å².